The predicted molar refractivity (Wildman–Crippen MR) is 89.4 cm³/mol. The molecule has 1 unspecified atom stereocenters. The van der Waals surface area contributed by atoms with Gasteiger partial charge in [-0.05, 0) is 13.0 Å². The number of alkyl halides is 2. The van der Waals surface area contributed by atoms with E-state index in [4.69, 9.17) is 9.84 Å². The third-order valence-electron chi connectivity index (χ3n) is 4.28. The number of aromatic nitrogens is 3. The Morgan fingerprint density at radius 2 is 2.07 bits per heavy atom. The first-order valence-corrected chi connectivity index (χ1v) is 8.08. The monoisotopic (exact) mass is 398 g/mol. The van der Waals surface area contributed by atoms with Gasteiger partial charge in [0, 0.05) is 24.5 Å². The zero-order chi connectivity index (χ0) is 20.6. The smallest absolute Gasteiger partial charge is 0.338 e. The standard InChI is InChI=1S/C16H16F2N4O6/c1-16(27,14(25)26)12-13(24)20(6-7-28-12)10-4-5-22(19-10)9-2-3-11(23)21(8-9)15(17)18/h2-5,8,12,15,27H,6-7H2,1H3,(H,25,26)/t12-,16?/m0/s1. The average Bonchev–Trinajstić information content (AvgIpc) is 3.11. The summed E-state index contributed by atoms with van der Waals surface area (Å²) in [5, 5.41) is 23.3. The Balaban J connectivity index is 1.90. The molecule has 1 amide bonds. The van der Waals surface area contributed by atoms with Gasteiger partial charge in [-0.2, -0.15) is 8.78 Å². The lowest BCUT2D eigenvalue weighted by Crippen LogP contribution is -2.60. The first-order chi connectivity index (χ1) is 13.1. The molecule has 2 aromatic rings. The lowest BCUT2D eigenvalue weighted by molar-refractivity contribution is -0.180. The van der Waals surface area contributed by atoms with Crippen LogP contribution in [0.1, 0.15) is 13.5 Å². The first-order valence-electron chi connectivity index (χ1n) is 8.08. The summed E-state index contributed by atoms with van der Waals surface area (Å²) in [5.74, 6) is -2.32. The third kappa shape index (κ3) is 3.39. The topological polar surface area (TPSA) is 127 Å². The molecule has 0 bridgehead atoms. The molecule has 0 spiro atoms. The van der Waals surface area contributed by atoms with Crippen LogP contribution in [0.3, 0.4) is 0 Å². The van der Waals surface area contributed by atoms with Crippen molar-refractivity contribution in [2.75, 3.05) is 18.1 Å². The summed E-state index contributed by atoms with van der Waals surface area (Å²) in [6, 6.07) is 3.66. The largest absolute Gasteiger partial charge is 0.479 e. The SMILES string of the molecule is CC(O)(C(=O)O)[C@H]1OCCN(c2ccn(-c3ccc(=O)n(C(F)F)c3)n2)C1=O. The highest BCUT2D eigenvalue weighted by molar-refractivity contribution is 6.00. The van der Waals surface area contributed by atoms with Gasteiger partial charge in [-0.3, -0.25) is 19.1 Å². The summed E-state index contributed by atoms with van der Waals surface area (Å²) in [6.07, 6.45) is 0.672. The molecular weight excluding hydrogens is 382 g/mol. The number of pyridine rings is 1. The molecule has 10 nitrogen and oxygen atoms in total. The minimum Gasteiger partial charge on any atom is -0.479 e. The van der Waals surface area contributed by atoms with Gasteiger partial charge in [0.15, 0.2) is 17.5 Å². The molecule has 3 rings (SSSR count). The van der Waals surface area contributed by atoms with Crippen LogP contribution in [0.2, 0.25) is 0 Å². The summed E-state index contributed by atoms with van der Waals surface area (Å²) >= 11 is 0. The molecule has 3 heterocycles. The minimum atomic E-state index is -3.03. The van der Waals surface area contributed by atoms with E-state index in [0.717, 1.165) is 24.1 Å². The lowest BCUT2D eigenvalue weighted by Gasteiger charge is -2.36. The molecule has 0 aromatic carbocycles. The summed E-state index contributed by atoms with van der Waals surface area (Å²) in [5.41, 5.74) is -3.17. The van der Waals surface area contributed by atoms with Gasteiger partial charge < -0.3 is 14.9 Å². The number of halogens is 2. The van der Waals surface area contributed by atoms with Crippen molar-refractivity contribution < 1.29 is 33.3 Å². The number of aliphatic hydroxyl groups is 1. The van der Waals surface area contributed by atoms with Crippen LogP contribution >= 0.6 is 0 Å². The fourth-order valence-corrected chi connectivity index (χ4v) is 2.71. The van der Waals surface area contributed by atoms with Crippen LogP contribution in [-0.2, 0) is 14.3 Å². The number of morpholine rings is 1. The highest BCUT2D eigenvalue weighted by Gasteiger charge is 2.49. The number of carboxylic acids is 1. The Morgan fingerprint density at radius 1 is 1.36 bits per heavy atom. The molecular formula is C16H16F2N4O6. The lowest BCUT2D eigenvalue weighted by atomic mass is 9.97. The van der Waals surface area contributed by atoms with Gasteiger partial charge in [0.05, 0.1) is 18.8 Å². The van der Waals surface area contributed by atoms with E-state index in [0.29, 0.717) is 0 Å². The van der Waals surface area contributed by atoms with Crippen molar-refractivity contribution >= 4 is 17.7 Å². The molecule has 1 aliphatic rings. The molecule has 1 saturated heterocycles. The Morgan fingerprint density at radius 3 is 2.71 bits per heavy atom. The number of aliphatic carboxylic acids is 1. The number of nitrogens with zero attached hydrogens (tertiary/aromatic N) is 4. The van der Waals surface area contributed by atoms with Gasteiger partial charge in [0.2, 0.25) is 0 Å². The van der Waals surface area contributed by atoms with E-state index in [1.807, 2.05) is 0 Å². The van der Waals surface area contributed by atoms with Crippen molar-refractivity contribution in [2.45, 2.75) is 25.2 Å². The molecule has 150 valence electrons. The second kappa shape index (κ2) is 7.13. The van der Waals surface area contributed by atoms with Gasteiger partial charge in [-0.25, -0.2) is 9.48 Å². The van der Waals surface area contributed by atoms with Crippen molar-refractivity contribution in [3.05, 3.63) is 40.9 Å². The minimum absolute atomic E-state index is 0.0387. The van der Waals surface area contributed by atoms with Crippen LogP contribution in [0.4, 0.5) is 14.6 Å². The molecule has 2 aromatic heterocycles. The van der Waals surface area contributed by atoms with Crippen LogP contribution in [-0.4, -0.2) is 61.3 Å². The number of carboxylic acid groups (broad SMARTS) is 1. The number of carbonyl (C=O) groups is 2. The first kappa shape index (κ1) is 19.6. The van der Waals surface area contributed by atoms with Crippen molar-refractivity contribution in [3.63, 3.8) is 0 Å². The number of ether oxygens (including phenoxy) is 1. The van der Waals surface area contributed by atoms with Crippen LogP contribution in [0.15, 0.2) is 35.4 Å². The fourth-order valence-electron chi connectivity index (χ4n) is 2.71. The number of anilines is 1. The quantitative estimate of drug-likeness (QED) is 0.726. The maximum absolute atomic E-state index is 12.9. The van der Waals surface area contributed by atoms with E-state index in [2.05, 4.69) is 5.10 Å². The van der Waals surface area contributed by atoms with Crippen LogP contribution in [0.25, 0.3) is 5.69 Å². The van der Waals surface area contributed by atoms with E-state index in [1.54, 1.807) is 0 Å². The number of hydrogen-bond acceptors (Lipinski definition) is 6. The van der Waals surface area contributed by atoms with Crippen molar-refractivity contribution in [2.24, 2.45) is 0 Å². The van der Waals surface area contributed by atoms with E-state index in [9.17, 15) is 28.3 Å². The second-order valence-corrected chi connectivity index (χ2v) is 6.22. The van der Waals surface area contributed by atoms with E-state index >= 15 is 0 Å². The number of amides is 1. The molecule has 0 aliphatic carbocycles. The zero-order valence-corrected chi connectivity index (χ0v) is 14.5. The molecule has 0 saturated carbocycles. The average molecular weight is 398 g/mol. The molecule has 2 N–H and O–H groups in total. The van der Waals surface area contributed by atoms with Crippen molar-refractivity contribution in [1.82, 2.24) is 14.3 Å². The number of rotatable bonds is 5. The molecule has 12 heteroatoms. The summed E-state index contributed by atoms with van der Waals surface area (Å²) in [7, 11) is 0. The highest BCUT2D eigenvalue weighted by Crippen LogP contribution is 2.24. The maximum Gasteiger partial charge on any atom is 0.338 e. The maximum atomic E-state index is 12.9. The Bertz CT molecular complexity index is 970. The number of hydrogen-bond donors (Lipinski definition) is 2. The Hall–Kier alpha value is -3.12. The van der Waals surface area contributed by atoms with Crippen molar-refractivity contribution in [1.29, 1.82) is 0 Å². The summed E-state index contributed by atoms with van der Waals surface area (Å²) in [4.78, 5) is 36.4. The van der Waals surface area contributed by atoms with Gasteiger partial charge >= 0.3 is 12.5 Å². The summed E-state index contributed by atoms with van der Waals surface area (Å²) in [6.45, 7) is -2.06. The van der Waals surface area contributed by atoms with Crippen LogP contribution in [0.5, 0.6) is 0 Å². The molecule has 1 fully saturated rings. The highest BCUT2D eigenvalue weighted by atomic mass is 19.3. The molecule has 1 aliphatic heterocycles. The van der Waals surface area contributed by atoms with Gasteiger partial charge in [-0.1, -0.05) is 0 Å². The number of carbonyl (C=O) groups excluding carboxylic acids is 1. The van der Waals surface area contributed by atoms with Crippen LogP contribution in [0, 0.1) is 0 Å². The molecule has 0 radical (unpaired) electrons. The van der Waals surface area contributed by atoms with Crippen molar-refractivity contribution in [3.8, 4) is 5.69 Å². The van der Waals surface area contributed by atoms with Gasteiger partial charge in [0.1, 0.15) is 0 Å². The normalized spacial score (nSPS) is 19.7. The van der Waals surface area contributed by atoms with Crippen LogP contribution < -0.4 is 10.5 Å². The predicted octanol–water partition coefficient (Wildman–Crippen LogP) is -0.00350. The Labute approximate surface area is 156 Å². The van der Waals surface area contributed by atoms with Gasteiger partial charge in [-0.15, -0.1) is 5.10 Å². The zero-order valence-electron chi connectivity index (χ0n) is 14.5. The van der Waals surface area contributed by atoms with E-state index < -0.39 is 35.7 Å². The summed E-state index contributed by atoms with van der Waals surface area (Å²) < 4.78 is 32.3. The van der Waals surface area contributed by atoms with E-state index in [-0.39, 0.29) is 29.2 Å². The molecule has 28 heavy (non-hydrogen) atoms. The fraction of sp³-hybridized carbons (Fsp3) is 0.375. The Kier molecular flexibility index (Phi) is 5.00. The molecule has 2 atom stereocenters. The van der Waals surface area contributed by atoms with E-state index in [1.165, 1.54) is 23.0 Å². The van der Waals surface area contributed by atoms with Gasteiger partial charge in [0.25, 0.3) is 11.5 Å². The second-order valence-electron chi connectivity index (χ2n) is 6.22. The third-order valence-corrected chi connectivity index (χ3v) is 4.28.